The molecule has 3 heterocycles. The fraction of sp³-hybridized carbons (Fsp3) is 0.179. The second kappa shape index (κ2) is 8.27. The number of ether oxygens (including phenoxy) is 3. The molecule has 4 aromatic rings. The molecule has 0 bridgehead atoms. The smallest absolute Gasteiger partial charge is 0.337 e. The molecule has 8 heteroatoms. The van der Waals surface area contributed by atoms with E-state index in [1.807, 2.05) is 25.1 Å². The van der Waals surface area contributed by atoms with Gasteiger partial charge in [-0.15, -0.1) is 0 Å². The average Bonchev–Trinajstić information content (AvgIpc) is 3.47. The van der Waals surface area contributed by atoms with Gasteiger partial charge in [0.05, 0.1) is 29.7 Å². The highest BCUT2D eigenvalue weighted by molar-refractivity contribution is 5.99. The maximum atomic E-state index is 13.7. The van der Waals surface area contributed by atoms with E-state index in [-0.39, 0.29) is 36.0 Å². The lowest BCUT2D eigenvalue weighted by Crippen LogP contribution is -2.29. The monoisotopic (exact) mass is 483 g/mol. The third kappa shape index (κ3) is 3.41. The van der Waals surface area contributed by atoms with E-state index in [4.69, 9.17) is 18.6 Å². The van der Waals surface area contributed by atoms with Crippen molar-refractivity contribution < 1.29 is 28.2 Å². The molecule has 2 aliphatic rings. The molecule has 2 aliphatic heterocycles. The van der Waals surface area contributed by atoms with Gasteiger partial charge in [-0.25, -0.2) is 4.79 Å². The summed E-state index contributed by atoms with van der Waals surface area (Å²) in [5, 5.41) is 0.419. The number of methoxy groups -OCH3 is 1. The van der Waals surface area contributed by atoms with Crippen molar-refractivity contribution in [1.82, 2.24) is 4.90 Å². The number of carbonyl (C=O) groups is 2. The normalized spacial score (nSPS) is 15.9. The number of nitrogens with zero attached hydrogens (tertiary/aromatic N) is 1. The summed E-state index contributed by atoms with van der Waals surface area (Å²) < 4.78 is 21.7. The molecule has 0 unspecified atom stereocenters. The Balaban J connectivity index is 1.50. The Labute approximate surface area is 205 Å². The molecule has 6 rings (SSSR count). The lowest BCUT2D eigenvalue weighted by molar-refractivity contribution is 0.0599. The Bertz CT molecular complexity index is 1600. The minimum Gasteiger partial charge on any atom is -0.465 e. The van der Waals surface area contributed by atoms with E-state index >= 15 is 0 Å². The zero-order chi connectivity index (χ0) is 25.0. The van der Waals surface area contributed by atoms with E-state index in [1.165, 1.54) is 7.11 Å². The molecule has 0 fully saturated rings. The van der Waals surface area contributed by atoms with Crippen LogP contribution in [0.15, 0.2) is 69.9 Å². The summed E-state index contributed by atoms with van der Waals surface area (Å²) in [6, 6.07) is 16.8. The molecule has 36 heavy (non-hydrogen) atoms. The number of amides is 1. The average molecular weight is 483 g/mol. The van der Waals surface area contributed by atoms with E-state index in [2.05, 4.69) is 0 Å². The summed E-state index contributed by atoms with van der Waals surface area (Å²) >= 11 is 0. The summed E-state index contributed by atoms with van der Waals surface area (Å²) in [5.74, 6) is 0.417. The molecule has 0 radical (unpaired) electrons. The van der Waals surface area contributed by atoms with E-state index in [0.29, 0.717) is 33.6 Å². The van der Waals surface area contributed by atoms with Crippen molar-refractivity contribution in [1.29, 1.82) is 0 Å². The second-order valence-electron chi connectivity index (χ2n) is 8.81. The molecule has 1 aromatic heterocycles. The molecule has 0 aliphatic carbocycles. The van der Waals surface area contributed by atoms with Crippen LogP contribution >= 0.6 is 0 Å². The van der Waals surface area contributed by atoms with Crippen molar-refractivity contribution in [2.45, 2.75) is 19.5 Å². The van der Waals surface area contributed by atoms with Gasteiger partial charge in [0.15, 0.2) is 16.9 Å². The van der Waals surface area contributed by atoms with Gasteiger partial charge in [-0.1, -0.05) is 29.8 Å². The minimum absolute atomic E-state index is 0.0270. The number of aryl methyl sites for hydroxylation is 1. The highest BCUT2D eigenvalue weighted by Gasteiger charge is 2.43. The SMILES string of the molecule is COC(=O)c1ccc([C@@H]2c3c(oc4ccc(C)cc4c3=O)C(=O)N2Cc2ccc3c(c2)OCO3)cc1. The number of hydrogen-bond acceptors (Lipinski definition) is 7. The Morgan fingerprint density at radius 3 is 2.56 bits per heavy atom. The fourth-order valence-corrected chi connectivity index (χ4v) is 4.80. The summed E-state index contributed by atoms with van der Waals surface area (Å²) in [4.78, 5) is 40.9. The molecule has 0 saturated carbocycles. The van der Waals surface area contributed by atoms with E-state index < -0.39 is 12.0 Å². The maximum absolute atomic E-state index is 13.7. The molecule has 0 saturated heterocycles. The zero-order valence-electron chi connectivity index (χ0n) is 19.6. The number of benzene rings is 3. The number of rotatable bonds is 4. The Kier molecular flexibility index (Phi) is 5.03. The van der Waals surface area contributed by atoms with Crippen LogP contribution in [0, 0.1) is 6.92 Å². The summed E-state index contributed by atoms with van der Waals surface area (Å²) in [6.07, 6.45) is 0. The van der Waals surface area contributed by atoms with Crippen molar-refractivity contribution in [2.75, 3.05) is 13.9 Å². The first-order valence-corrected chi connectivity index (χ1v) is 11.4. The van der Waals surface area contributed by atoms with Crippen molar-refractivity contribution >= 4 is 22.8 Å². The molecule has 1 amide bonds. The van der Waals surface area contributed by atoms with Crippen molar-refractivity contribution in [3.63, 3.8) is 0 Å². The van der Waals surface area contributed by atoms with Crippen LogP contribution in [-0.4, -0.2) is 30.7 Å². The molecular formula is C28H21NO7. The molecule has 1 atom stereocenters. The number of carbonyl (C=O) groups excluding carboxylic acids is 2. The van der Waals surface area contributed by atoms with Crippen molar-refractivity contribution in [2.24, 2.45) is 0 Å². The van der Waals surface area contributed by atoms with Crippen LogP contribution in [0.25, 0.3) is 11.0 Å². The van der Waals surface area contributed by atoms with Gasteiger partial charge in [-0.2, -0.15) is 0 Å². The highest BCUT2D eigenvalue weighted by atomic mass is 16.7. The number of esters is 1. The second-order valence-corrected chi connectivity index (χ2v) is 8.81. The van der Waals surface area contributed by atoms with Crippen LogP contribution in [-0.2, 0) is 11.3 Å². The first-order chi connectivity index (χ1) is 17.4. The molecule has 8 nitrogen and oxygen atoms in total. The van der Waals surface area contributed by atoms with E-state index in [1.54, 1.807) is 47.4 Å². The summed E-state index contributed by atoms with van der Waals surface area (Å²) in [7, 11) is 1.31. The quantitative estimate of drug-likeness (QED) is 0.398. The largest absolute Gasteiger partial charge is 0.465 e. The van der Waals surface area contributed by atoms with Gasteiger partial charge in [0.1, 0.15) is 5.58 Å². The standard InChI is InChI=1S/C28H21NO7/c1-15-3-9-20-19(11-15)25(30)23-24(17-5-7-18(8-6-17)28(32)33-2)29(27(31)26(23)36-20)13-16-4-10-21-22(12-16)35-14-34-21/h3-12,24H,13-14H2,1-2H3/t24-/m1/s1. The number of fused-ring (bicyclic) bond motifs is 3. The third-order valence-corrected chi connectivity index (χ3v) is 6.56. The third-order valence-electron chi connectivity index (χ3n) is 6.56. The molecule has 0 spiro atoms. The number of hydrogen-bond donors (Lipinski definition) is 0. The Morgan fingerprint density at radius 2 is 1.78 bits per heavy atom. The minimum atomic E-state index is -0.703. The lowest BCUT2D eigenvalue weighted by atomic mass is 9.97. The van der Waals surface area contributed by atoms with Crippen LogP contribution < -0.4 is 14.9 Å². The molecule has 180 valence electrons. The van der Waals surface area contributed by atoms with Crippen LogP contribution in [0.1, 0.15) is 49.2 Å². The first kappa shape index (κ1) is 21.9. The lowest BCUT2D eigenvalue weighted by Gasteiger charge is -2.25. The highest BCUT2D eigenvalue weighted by Crippen LogP contribution is 2.40. The van der Waals surface area contributed by atoms with Gasteiger partial charge < -0.3 is 23.5 Å². The predicted octanol–water partition coefficient (Wildman–Crippen LogP) is 4.36. The van der Waals surface area contributed by atoms with Gasteiger partial charge >= 0.3 is 5.97 Å². The van der Waals surface area contributed by atoms with Gasteiger partial charge in [-0.05, 0) is 54.4 Å². The molecule has 0 N–H and O–H groups in total. The fourth-order valence-electron chi connectivity index (χ4n) is 4.80. The van der Waals surface area contributed by atoms with E-state index in [9.17, 15) is 14.4 Å². The van der Waals surface area contributed by atoms with Gasteiger partial charge in [-0.3, -0.25) is 9.59 Å². The van der Waals surface area contributed by atoms with Crippen molar-refractivity contribution in [3.8, 4) is 11.5 Å². The van der Waals surface area contributed by atoms with E-state index in [0.717, 1.165) is 11.1 Å². The van der Waals surface area contributed by atoms with Gasteiger partial charge in [0.25, 0.3) is 5.91 Å². The van der Waals surface area contributed by atoms with Crippen LogP contribution in [0.2, 0.25) is 0 Å². The van der Waals surface area contributed by atoms with Crippen molar-refractivity contribution in [3.05, 3.63) is 104 Å². The zero-order valence-corrected chi connectivity index (χ0v) is 19.6. The topological polar surface area (TPSA) is 95.3 Å². The summed E-state index contributed by atoms with van der Waals surface area (Å²) in [5.41, 5.74) is 3.16. The Hall–Kier alpha value is -4.59. The maximum Gasteiger partial charge on any atom is 0.337 e. The molecule has 3 aromatic carbocycles. The van der Waals surface area contributed by atoms with Gasteiger partial charge in [0, 0.05) is 6.54 Å². The van der Waals surface area contributed by atoms with Crippen LogP contribution in [0.4, 0.5) is 0 Å². The molecular weight excluding hydrogens is 462 g/mol. The predicted molar refractivity (Wildman–Crippen MR) is 129 cm³/mol. The van der Waals surface area contributed by atoms with Crippen LogP contribution in [0.3, 0.4) is 0 Å². The summed E-state index contributed by atoms with van der Waals surface area (Å²) in [6.45, 7) is 2.25. The first-order valence-electron chi connectivity index (χ1n) is 11.4. The van der Waals surface area contributed by atoms with Gasteiger partial charge in [0.2, 0.25) is 12.6 Å². The van der Waals surface area contributed by atoms with Crippen LogP contribution in [0.5, 0.6) is 11.5 Å². The Morgan fingerprint density at radius 1 is 1.00 bits per heavy atom.